The molecule has 15 heavy (non-hydrogen) atoms. The second-order valence-electron chi connectivity index (χ2n) is 3.98. The first-order valence-electron chi connectivity index (χ1n) is 5.62. The lowest BCUT2D eigenvalue weighted by Gasteiger charge is -2.33. The number of hydrogen-bond donors (Lipinski definition) is 1. The molecule has 1 aromatic rings. The van der Waals surface area contributed by atoms with Crippen LogP contribution in [0.15, 0.2) is 18.6 Å². The Kier molecular flexibility index (Phi) is 3.64. The highest BCUT2D eigenvalue weighted by atomic mass is 15.2. The van der Waals surface area contributed by atoms with Crippen LogP contribution < -0.4 is 5.73 Å². The number of likely N-dealkylation sites (tertiary alicyclic amines) is 1. The number of hydrogen-bond acceptors (Lipinski definition) is 4. The van der Waals surface area contributed by atoms with Crippen molar-refractivity contribution in [3.8, 4) is 0 Å². The molecule has 1 saturated heterocycles. The highest BCUT2D eigenvalue weighted by Gasteiger charge is 2.21. The lowest BCUT2D eigenvalue weighted by atomic mass is 10.1. The van der Waals surface area contributed by atoms with Crippen LogP contribution in [0.4, 0.5) is 0 Å². The zero-order chi connectivity index (χ0) is 10.5. The zero-order valence-electron chi connectivity index (χ0n) is 8.97. The Morgan fingerprint density at radius 3 is 2.73 bits per heavy atom. The molecule has 0 amide bonds. The van der Waals surface area contributed by atoms with Gasteiger partial charge in [-0.3, -0.25) is 4.90 Å². The van der Waals surface area contributed by atoms with Gasteiger partial charge in [0.1, 0.15) is 6.33 Å². The van der Waals surface area contributed by atoms with Crippen LogP contribution in [0.3, 0.4) is 0 Å². The van der Waals surface area contributed by atoms with Gasteiger partial charge >= 0.3 is 0 Å². The third kappa shape index (κ3) is 2.52. The number of piperidine rings is 1. The van der Waals surface area contributed by atoms with Gasteiger partial charge in [-0.25, -0.2) is 9.97 Å². The van der Waals surface area contributed by atoms with Gasteiger partial charge in [0.05, 0.1) is 11.7 Å². The molecule has 1 fully saturated rings. The van der Waals surface area contributed by atoms with Gasteiger partial charge in [0.15, 0.2) is 0 Å². The van der Waals surface area contributed by atoms with Crippen LogP contribution in [0, 0.1) is 0 Å². The molecule has 0 spiro atoms. The molecular weight excluding hydrogens is 188 g/mol. The van der Waals surface area contributed by atoms with E-state index in [4.69, 9.17) is 5.73 Å². The summed E-state index contributed by atoms with van der Waals surface area (Å²) in [6, 6.07) is 2.24. The van der Waals surface area contributed by atoms with E-state index < -0.39 is 0 Å². The van der Waals surface area contributed by atoms with E-state index in [0.717, 1.165) is 18.8 Å². The van der Waals surface area contributed by atoms with Crippen molar-refractivity contribution in [2.75, 3.05) is 19.6 Å². The number of nitrogens with zero attached hydrogens (tertiary/aromatic N) is 3. The molecule has 1 aromatic heterocycles. The molecule has 2 heterocycles. The van der Waals surface area contributed by atoms with E-state index in [1.807, 2.05) is 6.07 Å². The predicted molar refractivity (Wildman–Crippen MR) is 59.3 cm³/mol. The molecule has 1 aliphatic heterocycles. The minimum Gasteiger partial charge on any atom is -0.329 e. The van der Waals surface area contributed by atoms with Gasteiger partial charge in [-0.1, -0.05) is 6.42 Å². The van der Waals surface area contributed by atoms with Crippen molar-refractivity contribution < 1.29 is 0 Å². The fourth-order valence-corrected chi connectivity index (χ4v) is 2.18. The summed E-state index contributed by atoms with van der Waals surface area (Å²) in [5, 5.41) is 0. The third-order valence-electron chi connectivity index (χ3n) is 3.00. The van der Waals surface area contributed by atoms with Gasteiger partial charge in [0.2, 0.25) is 0 Å². The highest BCUT2D eigenvalue weighted by molar-refractivity contribution is 5.06. The second-order valence-corrected chi connectivity index (χ2v) is 3.98. The van der Waals surface area contributed by atoms with Crippen molar-refractivity contribution in [1.29, 1.82) is 0 Å². The van der Waals surface area contributed by atoms with Crippen molar-refractivity contribution in [2.45, 2.75) is 25.3 Å². The van der Waals surface area contributed by atoms with Crippen molar-refractivity contribution in [1.82, 2.24) is 14.9 Å². The molecule has 4 heteroatoms. The minimum atomic E-state index is 0.272. The molecule has 1 aliphatic rings. The van der Waals surface area contributed by atoms with E-state index in [0.29, 0.717) is 6.54 Å². The first kappa shape index (κ1) is 10.5. The molecular formula is C11H18N4. The lowest BCUT2D eigenvalue weighted by molar-refractivity contribution is 0.164. The Morgan fingerprint density at radius 1 is 1.33 bits per heavy atom. The Labute approximate surface area is 90.5 Å². The molecule has 4 nitrogen and oxygen atoms in total. The van der Waals surface area contributed by atoms with Crippen LogP contribution in [0.2, 0.25) is 0 Å². The first-order valence-corrected chi connectivity index (χ1v) is 5.62. The van der Waals surface area contributed by atoms with Crippen molar-refractivity contribution in [3.05, 3.63) is 24.3 Å². The Morgan fingerprint density at radius 2 is 2.13 bits per heavy atom. The summed E-state index contributed by atoms with van der Waals surface area (Å²) in [5.41, 5.74) is 6.88. The zero-order valence-corrected chi connectivity index (χ0v) is 8.97. The van der Waals surface area contributed by atoms with Crippen LogP contribution in [-0.2, 0) is 0 Å². The summed E-state index contributed by atoms with van der Waals surface area (Å²) in [5.74, 6) is 0. The standard InChI is InChI=1S/C11H18N4/c12-8-11(10-4-5-13-9-14-10)15-6-2-1-3-7-15/h4-5,9,11H,1-3,6-8,12H2. The summed E-state index contributed by atoms with van der Waals surface area (Å²) in [6.45, 7) is 2.93. The maximum atomic E-state index is 5.83. The Hall–Kier alpha value is -1.00. The summed E-state index contributed by atoms with van der Waals surface area (Å²) in [4.78, 5) is 10.7. The minimum absolute atomic E-state index is 0.272. The van der Waals surface area contributed by atoms with E-state index in [2.05, 4.69) is 14.9 Å². The van der Waals surface area contributed by atoms with Crippen LogP contribution in [0.25, 0.3) is 0 Å². The van der Waals surface area contributed by atoms with Gasteiger partial charge in [-0.2, -0.15) is 0 Å². The molecule has 0 aromatic carbocycles. The fourth-order valence-electron chi connectivity index (χ4n) is 2.18. The lowest BCUT2D eigenvalue weighted by Crippen LogP contribution is -2.37. The van der Waals surface area contributed by atoms with E-state index in [1.54, 1.807) is 12.5 Å². The smallest absolute Gasteiger partial charge is 0.115 e. The van der Waals surface area contributed by atoms with Crippen molar-refractivity contribution >= 4 is 0 Å². The molecule has 2 N–H and O–H groups in total. The Bertz CT molecular complexity index is 282. The van der Waals surface area contributed by atoms with Crippen LogP contribution in [0.1, 0.15) is 31.0 Å². The summed E-state index contributed by atoms with van der Waals surface area (Å²) in [6.07, 6.45) is 7.29. The normalized spacial score (nSPS) is 20.1. The van der Waals surface area contributed by atoms with Gasteiger partial charge in [0.25, 0.3) is 0 Å². The topological polar surface area (TPSA) is 55.0 Å². The molecule has 0 bridgehead atoms. The van der Waals surface area contributed by atoms with E-state index in [-0.39, 0.29) is 6.04 Å². The first-order chi connectivity index (χ1) is 7.42. The van der Waals surface area contributed by atoms with Crippen LogP contribution >= 0.6 is 0 Å². The molecule has 1 unspecified atom stereocenters. The van der Waals surface area contributed by atoms with Crippen LogP contribution in [0.5, 0.6) is 0 Å². The van der Waals surface area contributed by atoms with Gasteiger partial charge in [-0.15, -0.1) is 0 Å². The van der Waals surface area contributed by atoms with Crippen molar-refractivity contribution in [2.24, 2.45) is 5.73 Å². The monoisotopic (exact) mass is 206 g/mol. The molecule has 1 atom stereocenters. The van der Waals surface area contributed by atoms with Gasteiger partial charge in [0, 0.05) is 12.7 Å². The maximum absolute atomic E-state index is 5.83. The SMILES string of the molecule is NCC(c1ccncn1)N1CCCCC1. The second kappa shape index (κ2) is 5.19. The summed E-state index contributed by atoms with van der Waals surface area (Å²) >= 11 is 0. The van der Waals surface area contributed by atoms with E-state index in [9.17, 15) is 0 Å². The number of rotatable bonds is 3. The molecule has 0 saturated carbocycles. The third-order valence-corrected chi connectivity index (χ3v) is 3.00. The average Bonchev–Trinajstić information content (AvgIpc) is 2.33. The van der Waals surface area contributed by atoms with Gasteiger partial charge in [-0.05, 0) is 32.0 Å². The largest absolute Gasteiger partial charge is 0.329 e. The maximum Gasteiger partial charge on any atom is 0.115 e. The van der Waals surface area contributed by atoms with Crippen LogP contribution in [-0.4, -0.2) is 34.5 Å². The Balaban J connectivity index is 2.09. The predicted octanol–water partition coefficient (Wildman–Crippen LogP) is 0.962. The van der Waals surface area contributed by atoms with Crippen molar-refractivity contribution in [3.63, 3.8) is 0 Å². The fraction of sp³-hybridized carbons (Fsp3) is 0.636. The highest BCUT2D eigenvalue weighted by Crippen LogP contribution is 2.21. The molecule has 82 valence electrons. The average molecular weight is 206 g/mol. The molecule has 0 radical (unpaired) electrons. The quantitative estimate of drug-likeness (QED) is 0.800. The number of nitrogens with two attached hydrogens (primary N) is 1. The molecule has 0 aliphatic carbocycles. The summed E-state index contributed by atoms with van der Waals surface area (Å²) < 4.78 is 0. The van der Waals surface area contributed by atoms with E-state index >= 15 is 0 Å². The molecule has 2 rings (SSSR count). The van der Waals surface area contributed by atoms with E-state index in [1.165, 1.54) is 19.3 Å². The van der Waals surface area contributed by atoms with Gasteiger partial charge < -0.3 is 5.73 Å². The summed E-state index contributed by atoms with van der Waals surface area (Å²) in [7, 11) is 0. The number of aromatic nitrogens is 2.